The molecule has 0 saturated carbocycles. The highest BCUT2D eigenvalue weighted by Crippen LogP contribution is 2.38. The minimum Gasteiger partial charge on any atom is -0.490 e. The topological polar surface area (TPSA) is 41.7 Å². The van der Waals surface area contributed by atoms with Gasteiger partial charge in [-0.3, -0.25) is 4.90 Å². The third kappa shape index (κ3) is 3.45. The number of hydrogen-bond acceptors (Lipinski definition) is 4. The summed E-state index contributed by atoms with van der Waals surface area (Å²) in [5.41, 5.74) is 7.21. The Kier molecular flexibility index (Phi) is 5.01. The number of hydrogen-bond donors (Lipinski definition) is 1. The van der Waals surface area contributed by atoms with Gasteiger partial charge in [-0.05, 0) is 51.9 Å². The van der Waals surface area contributed by atoms with Crippen LogP contribution in [0.4, 0.5) is 0 Å². The van der Waals surface area contributed by atoms with Gasteiger partial charge in [0.1, 0.15) is 11.9 Å². The van der Waals surface area contributed by atoms with Crippen LogP contribution in [0.5, 0.6) is 5.75 Å². The van der Waals surface area contributed by atoms with Gasteiger partial charge in [-0.1, -0.05) is 18.2 Å². The molecule has 2 N–H and O–H groups in total. The molecule has 4 nitrogen and oxygen atoms in total. The zero-order valence-corrected chi connectivity index (χ0v) is 13.9. The number of ether oxygens (including phenoxy) is 1. The molecule has 2 aliphatic rings. The van der Waals surface area contributed by atoms with Crippen molar-refractivity contribution in [3.8, 4) is 5.75 Å². The zero-order valence-electron chi connectivity index (χ0n) is 13.9. The van der Waals surface area contributed by atoms with Gasteiger partial charge in [-0.25, -0.2) is 0 Å². The van der Waals surface area contributed by atoms with E-state index in [1.165, 1.54) is 5.56 Å². The molecule has 122 valence electrons. The predicted octanol–water partition coefficient (Wildman–Crippen LogP) is 2.11. The molecule has 2 aliphatic heterocycles. The zero-order chi connectivity index (χ0) is 15.5. The second kappa shape index (κ2) is 6.99. The fourth-order valence-corrected chi connectivity index (χ4v) is 3.79. The summed E-state index contributed by atoms with van der Waals surface area (Å²) in [6.07, 6.45) is 3.74. The van der Waals surface area contributed by atoms with Crippen molar-refractivity contribution in [1.82, 2.24) is 9.80 Å². The predicted molar refractivity (Wildman–Crippen MR) is 90.1 cm³/mol. The highest BCUT2D eigenvalue weighted by atomic mass is 16.5. The molecule has 0 bridgehead atoms. The largest absolute Gasteiger partial charge is 0.490 e. The molecule has 2 unspecified atom stereocenters. The number of benzene rings is 1. The van der Waals surface area contributed by atoms with Crippen LogP contribution in [-0.4, -0.2) is 56.2 Å². The number of rotatable bonds is 4. The number of likely N-dealkylation sites (tertiary alicyclic amines) is 2. The Morgan fingerprint density at radius 3 is 2.59 bits per heavy atom. The molecule has 2 fully saturated rings. The molecule has 0 aromatic heterocycles. The average molecular weight is 303 g/mol. The van der Waals surface area contributed by atoms with E-state index in [1.54, 1.807) is 0 Å². The second-order valence-electron chi connectivity index (χ2n) is 6.95. The molecule has 22 heavy (non-hydrogen) atoms. The number of nitrogens with zero attached hydrogens (tertiary/aromatic N) is 2. The quantitative estimate of drug-likeness (QED) is 0.925. The van der Waals surface area contributed by atoms with E-state index in [1.807, 2.05) is 0 Å². The SMILES string of the molecule is CN1CCC(Oc2ccccc2C2CC(CN)CN2C)CC1. The highest BCUT2D eigenvalue weighted by molar-refractivity contribution is 5.37. The lowest BCUT2D eigenvalue weighted by Crippen LogP contribution is -2.35. The van der Waals surface area contributed by atoms with E-state index >= 15 is 0 Å². The van der Waals surface area contributed by atoms with Crippen molar-refractivity contribution < 1.29 is 4.74 Å². The van der Waals surface area contributed by atoms with Crippen LogP contribution in [0.15, 0.2) is 24.3 Å². The summed E-state index contributed by atoms with van der Waals surface area (Å²) in [6.45, 7) is 4.12. The molecule has 1 aromatic carbocycles. The number of para-hydroxylation sites is 1. The van der Waals surface area contributed by atoms with Crippen molar-refractivity contribution in [2.24, 2.45) is 11.7 Å². The molecule has 0 spiro atoms. The maximum Gasteiger partial charge on any atom is 0.124 e. The van der Waals surface area contributed by atoms with E-state index in [0.29, 0.717) is 18.1 Å². The molecule has 1 aromatic rings. The van der Waals surface area contributed by atoms with Crippen molar-refractivity contribution in [3.63, 3.8) is 0 Å². The van der Waals surface area contributed by atoms with Crippen LogP contribution in [0.25, 0.3) is 0 Å². The van der Waals surface area contributed by atoms with Gasteiger partial charge < -0.3 is 15.4 Å². The Labute approximate surface area is 134 Å². The Morgan fingerprint density at radius 1 is 1.18 bits per heavy atom. The summed E-state index contributed by atoms with van der Waals surface area (Å²) < 4.78 is 6.38. The van der Waals surface area contributed by atoms with Crippen molar-refractivity contribution in [1.29, 1.82) is 0 Å². The summed E-state index contributed by atoms with van der Waals surface area (Å²) in [5.74, 6) is 1.68. The monoisotopic (exact) mass is 303 g/mol. The van der Waals surface area contributed by atoms with Crippen LogP contribution in [-0.2, 0) is 0 Å². The summed E-state index contributed by atoms with van der Waals surface area (Å²) in [5, 5.41) is 0. The molecule has 4 heteroatoms. The van der Waals surface area contributed by atoms with Crippen LogP contribution in [0.1, 0.15) is 30.9 Å². The van der Waals surface area contributed by atoms with E-state index in [2.05, 4.69) is 48.2 Å². The van der Waals surface area contributed by atoms with Gasteiger partial charge >= 0.3 is 0 Å². The number of piperidine rings is 1. The van der Waals surface area contributed by atoms with Crippen molar-refractivity contribution in [3.05, 3.63) is 29.8 Å². The van der Waals surface area contributed by atoms with Crippen molar-refractivity contribution >= 4 is 0 Å². The lowest BCUT2D eigenvalue weighted by Gasteiger charge is -2.31. The van der Waals surface area contributed by atoms with E-state index in [4.69, 9.17) is 10.5 Å². The van der Waals surface area contributed by atoms with E-state index in [0.717, 1.165) is 51.2 Å². The third-order valence-electron chi connectivity index (χ3n) is 5.21. The van der Waals surface area contributed by atoms with Gasteiger partial charge in [0.05, 0.1) is 0 Å². The van der Waals surface area contributed by atoms with Gasteiger partial charge in [-0.2, -0.15) is 0 Å². The van der Waals surface area contributed by atoms with Crippen LogP contribution in [0.3, 0.4) is 0 Å². The minimum absolute atomic E-state index is 0.356. The fraction of sp³-hybridized carbons (Fsp3) is 0.667. The van der Waals surface area contributed by atoms with E-state index < -0.39 is 0 Å². The van der Waals surface area contributed by atoms with Crippen molar-refractivity contribution in [2.45, 2.75) is 31.4 Å². The molecule has 2 saturated heterocycles. The Hall–Kier alpha value is -1.10. The molecule has 2 atom stereocenters. The maximum absolute atomic E-state index is 6.38. The van der Waals surface area contributed by atoms with Gasteiger partial charge in [-0.15, -0.1) is 0 Å². The third-order valence-corrected chi connectivity index (χ3v) is 5.21. The Morgan fingerprint density at radius 2 is 1.91 bits per heavy atom. The smallest absolute Gasteiger partial charge is 0.124 e. The summed E-state index contributed by atoms with van der Waals surface area (Å²) in [7, 11) is 4.39. The normalized spacial score (nSPS) is 28.1. The summed E-state index contributed by atoms with van der Waals surface area (Å²) in [4.78, 5) is 4.80. The van der Waals surface area contributed by atoms with Gasteiger partial charge in [0.25, 0.3) is 0 Å². The van der Waals surface area contributed by atoms with Crippen LogP contribution in [0.2, 0.25) is 0 Å². The van der Waals surface area contributed by atoms with Crippen LogP contribution < -0.4 is 10.5 Å². The minimum atomic E-state index is 0.356. The van der Waals surface area contributed by atoms with Crippen molar-refractivity contribution in [2.75, 3.05) is 40.3 Å². The number of nitrogens with two attached hydrogens (primary N) is 1. The first-order valence-corrected chi connectivity index (χ1v) is 8.51. The standard InChI is InChI=1S/C18H29N3O/c1-20-9-7-15(8-10-20)22-18-6-4-3-5-16(18)17-11-14(12-19)13-21(17)2/h3-6,14-15,17H,7-13,19H2,1-2H3. The first-order valence-electron chi connectivity index (χ1n) is 8.51. The summed E-state index contributed by atoms with van der Waals surface area (Å²) >= 11 is 0. The Balaban J connectivity index is 1.73. The van der Waals surface area contributed by atoms with Crippen LogP contribution >= 0.6 is 0 Å². The molecular formula is C18H29N3O. The molecular weight excluding hydrogens is 274 g/mol. The Bertz CT molecular complexity index is 485. The van der Waals surface area contributed by atoms with Gasteiger partial charge in [0, 0.05) is 31.2 Å². The molecule has 0 amide bonds. The van der Waals surface area contributed by atoms with Gasteiger partial charge in [0.2, 0.25) is 0 Å². The van der Waals surface area contributed by atoms with Gasteiger partial charge in [0.15, 0.2) is 0 Å². The lowest BCUT2D eigenvalue weighted by molar-refractivity contribution is 0.112. The molecule has 0 radical (unpaired) electrons. The highest BCUT2D eigenvalue weighted by Gasteiger charge is 2.32. The van der Waals surface area contributed by atoms with Crippen LogP contribution in [0, 0.1) is 5.92 Å². The molecule has 0 aliphatic carbocycles. The van der Waals surface area contributed by atoms with E-state index in [-0.39, 0.29) is 0 Å². The first kappa shape index (κ1) is 15.8. The second-order valence-corrected chi connectivity index (χ2v) is 6.95. The summed E-state index contributed by atoms with van der Waals surface area (Å²) in [6, 6.07) is 9.02. The maximum atomic E-state index is 6.38. The molecule has 2 heterocycles. The molecule has 3 rings (SSSR count). The average Bonchev–Trinajstić information content (AvgIpc) is 2.91. The lowest BCUT2D eigenvalue weighted by atomic mass is 9.99. The van der Waals surface area contributed by atoms with E-state index in [9.17, 15) is 0 Å². The first-order chi connectivity index (χ1) is 10.7. The fourth-order valence-electron chi connectivity index (χ4n) is 3.79.